The molecule has 1 fully saturated rings. The lowest BCUT2D eigenvalue weighted by molar-refractivity contribution is -0.192. The average molecular weight is 476 g/mol. The molecule has 1 saturated heterocycles. The van der Waals surface area contributed by atoms with Crippen molar-refractivity contribution < 1.29 is 35.9 Å². The first-order valence-corrected chi connectivity index (χ1v) is 11.3. The van der Waals surface area contributed by atoms with Crippen molar-refractivity contribution >= 4 is 21.7 Å². The number of halogens is 4. The molecule has 6 nitrogen and oxygen atoms in total. The van der Waals surface area contributed by atoms with Gasteiger partial charge in [-0.15, -0.1) is 0 Å². The van der Waals surface area contributed by atoms with Gasteiger partial charge in [0.2, 0.25) is 0 Å². The van der Waals surface area contributed by atoms with E-state index in [0.29, 0.717) is 11.6 Å². The zero-order valence-corrected chi connectivity index (χ0v) is 18.1. The first-order valence-electron chi connectivity index (χ1n) is 9.83. The number of benzene rings is 2. The van der Waals surface area contributed by atoms with Crippen molar-refractivity contribution in [3.8, 4) is 0 Å². The van der Waals surface area contributed by atoms with Crippen molar-refractivity contribution in [3.63, 3.8) is 0 Å². The summed E-state index contributed by atoms with van der Waals surface area (Å²) in [6, 6.07) is 12.5. The van der Waals surface area contributed by atoms with Gasteiger partial charge in [0.25, 0.3) is 10.0 Å². The largest absolute Gasteiger partial charge is 0.490 e. The molecule has 3 rings (SSSR count). The maximum atomic E-state index is 13.3. The number of alkyl halides is 3. The van der Waals surface area contributed by atoms with E-state index in [1.54, 1.807) is 12.1 Å². The summed E-state index contributed by atoms with van der Waals surface area (Å²) in [4.78, 5) is 11.3. The van der Waals surface area contributed by atoms with Gasteiger partial charge < -0.3 is 10.0 Å². The van der Waals surface area contributed by atoms with Crippen molar-refractivity contribution in [2.45, 2.75) is 36.8 Å². The van der Waals surface area contributed by atoms with E-state index in [-0.39, 0.29) is 4.90 Å². The minimum atomic E-state index is -5.08. The van der Waals surface area contributed by atoms with Gasteiger partial charge in [-0.3, -0.25) is 4.72 Å². The molecule has 2 aromatic carbocycles. The van der Waals surface area contributed by atoms with Gasteiger partial charge in [0.1, 0.15) is 5.82 Å². The van der Waals surface area contributed by atoms with Crippen LogP contribution in [0.15, 0.2) is 53.4 Å². The first kappa shape index (κ1) is 25.6. The molecule has 176 valence electrons. The maximum Gasteiger partial charge on any atom is 0.490 e. The molecule has 0 aliphatic carbocycles. The maximum absolute atomic E-state index is 13.3. The Labute approximate surface area is 183 Å². The minimum Gasteiger partial charge on any atom is -0.475 e. The highest BCUT2D eigenvalue weighted by Crippen LogP contribution is 2.28. The van der Waals surface area contributed by atoms with E-state index >= 15 is 0 Å². The van der Waals surface area contributed by atoms with Crippen molar-refractivity contribution in [2.75, 3.05) is 24.4 Å². The smallest absolute Gasteiger partial charge is 0.475 e. The number of aliphatic carboxylic acids is 1. The quantitative estimate of drug-likeness (QED) is 0.602. The van der Waals surface area contributed by atoms with Crippen LogP contribution in [0.25, 0.3) is 0 Å². The Balaban J connectivity index is 0.000000451. The van der Waals surface area contributed by atoms with Crippen LogP contribution in [0.5, 0.6) is 0 Å². The van der Waals surface area contributed by atoms with Crippen LogP contribution in [-0.2, 0) is 14.8 Å². The second kappa shape index (κ2) is 10.8. The van der Waals surface area contributed by atoms with Crippen molar-refractivity contribution in [3.05, 3.63) is 59.9 Å². The highest BCUT2D eigenvalue weighted by molar-refractivity contribution is 7.92. The number of nitrogens with one attached hydrogen (secondary N) is 1. The highest BCUT2D eigenvalue weighted by Gasteiger charge is 2.38. The van der Waals surface area contributed by atoms with Crippen LogP contribution < -0.4 is 4.72 Å². The monoisotopic (exact) mass is 476 g/mol. The number of likely N-dealkylation sites (tertiary alicyclic amines) is 1. The Kier molecular flexibility index (Phi) is 8.62. The van der Waals surface area contributed by atoms with Crippen LogP contribution in [0, 0.1) is 5.82 Å². The molecule has 0 aromatic heterocycles. The van der Waals surface area contributed by atoms with E-state index < -0.39 is 28.0 Å². The Morgan fingerprint density at radius 3 is 2.34 bits per heavy atom. The lowest BCUT2D eigenvalue weighted by atomic mass is 9.98. The van der Waals surface area contributed by atoms with E-state index in [1.807, 2.05) is 12.1 Å². The molecular weight excluding hydrogens is 452 g/mol. The molecule has 0 radical (unpaired) electrons. The second-order valence-electron chi connectivity index (χ2n) is 7.27. The summed E-state index contributed by atoms with van der Waals surface area (Å²) in [5.74, 6) is -2.83. The third-order valence-electron chi connectivity index (χ3n) is 4.80. The fourth-order valence-electron chi connectivity index (χ4n) is 3.30. The fourth-order valence-corrected chi connectivity index (χ4v) is 4.39. The van der Waals surface area contributed by atoms with Gasteiger partial charge in [-0.25, -0.2) is 17.6 Å². The highest BCUT2D eigenvalue weighted by atomic mass is 32.2. The fraction of sp³-hybridized carbons (Fsp3) is 0.381. The van der Waals surface area contributed by atoms with Crippen molar-refractivity contribution in [2.24, 2.45) is 0 Å². The molecule has 0 spiro atoms. The summed E-state index contributed by atoms with van der Waals surface area (Å²) >= 11 is 0. The van der Waals surface area contributed by atoms with E-state index in [4.69, 9.17) is 9.90 Å². The van der Waals surface area contributed by atoms with Crippen LogP contribution in [0.2, 0.25) is 0 Å². The Morgan fingerprint density at radius 2 is 1.81 bits per heavy atom. The first-order chi connectivity index (χ1) is 14.9. The van der Waals surface area contributed by atoms with Crippen LogP contribution in [0.3, 0.4) is 0 Å². The molecule has 0 unspecified atom stereocenters. The van der Waals surface area contributed by atoms with Crippen molar-refractivity contribution in [1.29, 1.82) is 0 Å². The third-order valence-corrected chi connectivity index (χ3v) is 6.17. The lowest BCUT2D eigenvalue weighted by Gasteiger charge is -2.15. The van der Waals surface area contributed by atoms with E-state index in [1.165, 1.54) is 23.8 Å². The standard InChI is InChI=1S/C19H23FN2O2S.C2HF3O2/c1-2-11-22-12-10-16(14-22)15-6-8-18(9-7-15)21-25(23,24)19-5-3-4-17(20)13-19;3-2(4,5)1(6)7/h3-9,13,16,21H,2,10-12,14H2,1H3;(H,6,7)/t16-;/m1./s1. The van der Waals surface area contributed by atoms with Crippen LogP contribution in [0.1, 0.15) is 31.2 Å². The summed E-state index contributed by atoms with van der Waals surface area (Å²) in [6.07, 6.45) is -2.79. The Bertz CT molecular complexity index is 1010. The van der Waals surface area contributed by atoms with Gasteiger partial charge in [0, 0.05) is 12.2 Å². The molecule has 0 saturated carbocycles. The predicted molar refractivity (Wildman–Crippen MR) is 111 cm³/mol. The zero-order chi connectivity index (χ0) is 23.9. The Hall–Kier alpha value is -2.66. The van der Waals surface area contributed by atoms with Crippen LogP contribution >= 0.6 is 0 Å². The molecule has 1 aliphatic rings. The van der Waals surface area contributed by atoms with Gasteiger partial charge in [-0.2, -0.15) is 13.2 Å². The molecule has 32 heavy (non-hydrogen) atoms. The van der Waals surface area contributed by atoms with Crippen molar-refractivity contribution in [1.82, 2.24) is 4.90 Å². The Morgan fingerprint density at radius 1 is 1.19 bits per heavy atom. The summed E-state index contributed by atoms with van der Waals surface area (Å²) in [7, 11) is -3.78. The number of carboxylic acids is 1. The van der Waals surface area contributed by atoms with Gasteiger partial charge in [0.05, 0.1) is 4.90 Å². The van der Waals surface area contributed by atoms with Crippen LogP contribution in [-0.4, -0.2) is 50.2 Å². The number of anilines is 1. The van der Waals surface area contributed by atoms with Crippen LogP contribution in [0.4, 0.5) is 23.2 Å². The number of sulfonamides is 1. The normalized spacial score (nSPS) is 16.8. The summed E-state index contributed by atoms with van der Waals surface area (Å²) in [5, 5.41) is 7.12. The number of carbonyl (C=O) groups is 1. The molecule has 1 atom stereocenters. The van der Waals surface area contributed by atoms with E-state index in [2.05, 4.69) is 16.5 Å². The summed E-state index contributed by atoms with van der Waals surface area (Å²) < 4.78 is 72.1. The second-order valence-corrected chi connectivity index (χ2v) is 8.96. The number of nitrogens with zero attached hydrogens (tertiary/aromatic N) is 1. The average Bonchev–Trinajstić information content (AvgIpc) is 3.17. The SMILES string of the molecule is CCCN1CC[C@@H](c2ccc(NS(=O)(=O)c3cccc(F)c3)cc2)C1.O=C(O)C(F)(F)F. The molecule has 0 amide bonds. The minimum absolute atomic E-state index is 0.0809. The lowest BCUT2D eigenvalue weighted by Crippen LogP contribution is -2.21. The zero-order valence-electron chi connectivity index (χ0n) is 17.3. The summed E-state index contributed by atoms with van der Waals surface area (Å²) in [5.41, 5.74) is 1.71. The molecular formula is C21H24F4N2O4S. The van der Waals surface area contributed by atoms with Gasteiger partial charge in [-0.1, -0.05) is 25.1 Å². The number of carboxylic acid groups (broad SMARTS) is 1. The molecule has 2 aromatic rings. The van der Waals surface area contributed by atoms with E-state index in [0.717, 1.165) is 38.5 Å². The number of rotatable bonds is 6. The molecule has 2 N–H and O–H groups in total. The van der Waals surface area contributed by atoms with Gasteiger partial charge in [0.15, 0.2) is 0 Å². The van der Waals surface area contributed by atoms with Gasteiger partial charge >= 0.3 is 12.1 Å². The molecule has 1 aliphatic heterocycles. The molecule has 0 bridgehead atoms. The van der Waals surface area contributed by atoms with Gasteiger partial charge in [-0.05, 0) is 67.7 Å². The van der Waals surface area contributed by atoms with E-state index in [9.17, 15) is 26.0 Å². The number of hydrogen-bond donors (Lipinski definition) is 2. The summed E-state index contributed by atoms with van der Waals surface area (Å²) in [6.45, 7) is 5.49. The molecule has 11 heteroatoms. The topological polar surface area (TPSA) is 86.7 Å². The predicted octanol–water partition coefficient (Wildman–Crippen LogP) is 4.46. The third kappa shape index (κ3) is 7.49. The number of hydrogen-bond acceptors (Lipinski definition) is 4. The molecule has 1 heterocycles.